The molecule has 112 valence electrons. The largest absolute Gasteiger partial charge is 0.469 e. The highest BCUT2D eigenvalue weighted by Gasteiger charge is 2.31. The molecule has 5 nitrogen and oxygen atoms in total. The van der Waals surface area contributed by atoms with Crippen LogP contribution in [-0.4, -0.2) is 27.0 Å². The van der Waals surface area contributed by atoms with E-state index < -0.39 is 0 Å². The summed E-state index contributed by atoms with van der Waals surface area (Å²) in [5, 5.41) is 4.40. The van der Waals surface area contributed by atoms with Crippen LogP contribution >= 0.6 is 15.9 Å². The van der Waals surface area contributed by atoms with Crippen LogP contribution in [0.25, 0.3) is 5.52 Å². The van der Waals surface area contributed by atoms with Crippen molar-refractivity contribution in [2.45, 2.75) is 19.4 Å². The van der Waals surface area contributed by atoms with Gasteiger partial charge in [0.2, 0.25) is 0 Å². The zero-order valence-corrected chi connectivity index (χ0v) is 13.6. The molecule has 0 radical (unpaired) electrons. The van der Waals surface area contributed by atoms with Crippen LogP contribution in [0.5, 0.6) is 0 Å². The first-order valence-electron chi connectivity index (χ1n) is 7.15. The molecule has 0 aliphatic carbocycles. The molecule has 1 aliphatic rings. The van der Waals surface area contributed by atoms with Gasteiger partial charge in [0.1, 0.15) is 5.76 Å². The number of halogens is 1. The third kappa shape index (κ3) is 2.06. The SMILES string of the molecule is CC1c2ccoc2CCN1C(=O)c1cc2ccc(Br)cn2n1. The molecule has 1 aliphatic heterocycles. The average Bonchev–Trinajstić information content (AvgIpc) is 3.12. The molecule has 0 spiro atoms. The second kappa shape index (κ2) is 4.98. The minimum absolute atomic E-state index is 0.00606. The van der Waals surface area contributed by atoms with E-state index in [0.29, 0.717) is 12.2 Å². The Labute approximate surface area is 135 Å². The number of carbonyl (C=O) groups is 1. The Kier molecular flexibility index (Phi) is 3.07. The van der Waals surface area contributed by atoms with Gasteiger partial charge in [0.15, 0.2) is 5.69 Å². The highest BCUT2D eigenvalue weighted by atomic mass is 79.9. The maximum atomic E-state index is 12.8. The van der Waals surface area contributed by atoms with E-state index in [4.69, 9.17) is 4.42 Å². The first-order chi connectivity index (χ1) is 10.6. The van der Waals surface area contributed by atoms with Crippen molar-refractivity contribution in [1.29, 1.82) is 0 Å². The summed E-state index contributed by atoms with van der Waals surface area (Å²) in [5.41, 5.74) is 2.46. The number of pyridine rings is 1. The lowest BCUT2D eigenvalue weighted by Crippen LogP contribution is -2.38. The molecular weight excluding hydrogens is 346 g/mol. The van der Waals surface area contributed by atoms with Gasteiger partial charge in [-0.25, -0.2) is 4.52 Å². The zero-order valence-electron chi connectivity index (χ0n) is 12.0. The molecule has 6 heteroatoms. The Hall–Kier alpha value is -2.08. The van der Waals surface area contributed by atoms with Gasteiger partial charge in [-0.05, 0) is 47.1 Å². The maximum absolute atomic E-state index is 12.8. The van der Waals surface area contributed by atoms with Gasteiger partial charge in [-0.1, -0.05) is 0 Å². The molecule has 22 heavy (non-hydrogen) atoms. The van der Waals surface area contributed by atoms with E-state index in [-0.39, 0.29) is 11.9 Å². The zero-order chi connectivity index (χ0) is 15.3. The standard InChI is InChI=1S/C16H14BrN3O2/c1-10-13-5-7-22-15(13)4-6-19(10)16(21)14-8-12-3-2-11(17)9-20(12)18-14/h2-3,5,7-10H,4,6H2,1H3. The fourth-order valence-electron chi connectivity index (χ4n) is 3.00. The van der Waals surface area contributed by atoms with Crippen molar-refractivity contribution in [2.24, 2.45) is 0 Å². The van der Waals surface area contributed by atoms with Crippen molar-refractivity contribution in [3.05, 3.63) is 58.2 Å². The average molecular weight is 360 g/mol. The third-order valence-electron chi connectivity index (χ3n) is 4.18. The van der Waals surface area contributed by atoms with Crippen LogP contribution in [0.3, 0.4) is 0 Å². The van der Waals surface area contributed by atoms with Crippen LogP contribution in [0.4, 0.5) is 0 Å². The minimum Gasteiger partial charge on any atom is -0.469 e. The number of aromatic nitrogens is 2. The third-order valence-corrected chi connectivity index (χ3v) is 4.65. The van der Waals surface area contributed by atoms with Crippen molar-refractivity contribution in [3.63, 3.8) is 0 Å². The molecule has 0 N–H and O–H groups in total. The van der Waals surface area contributed by atoms with Crippen LogP contribution in [0.2, 0.25) is 0 Å². The molecule has 0 aromatic carbocycles. The van der Waals surface area contributed by atoms with Gasteiger partial charge in [0, 0.05) is 29.2 Å². The van der Waals surface area contributed by atoms with Crippen molar-refractivity contribution in [2.75, 3.05) is 6.54 Å². The Bertz CT molecular complexity index is 867. The van der Waals surface area contributed by atoms with E-state index >= 15 is 0 Å². The summed E-state index contributed by atoms with van der Waals surface area (Å²) in [7, 11) is 0. The normalized spacial score (nSPS) is 17.7. The molecule has 1 unspecified atom stereocenters. The quantitative estimate of drug-likeness (QED) is 0.668. The van der Waals surface area contributed by atoms with Crippen LogP contribution in [0.15, 0.2) is 45.6 Å². The number of carbonyl (C=O) groups excluding carboxylic acids is 1. The summed E-state index contributed by atoms with van der Waals surface area (Å²) in [4.78, 5) is 14.7. The van der Waals surface area contributed by atoms with Crippen molar-refractivity contribution < 1.29 is 9.21 Å². The second-order valence-corrected chi connectivity index (χ2v) is 6.39. The molecule has 1 atom stereocenters. The van der Waals surface area contributed by atoms with E-state index in [9.17, 15) is 4.79 Å². The number of fused-ring (bicyclic) bond motifs is 2. The predicted molar refractivity (Wildman–Crippen MR) is 84.8 cm³/mol. The monoisotopic (exact) mass is 359 g/mol. The summed E-state index contributed by atoms with van der Waals surface area (Å²) in [6.45, 7) is 2.68. The van der Waals surface area contributed by atoms with Gasteiger partial charge in [-0.15, -0.1) is 0 Å². The van der Waals surface area contributed by atoms with Crippen molar-refractivity contribution in [1.82, 2.24) is 14.5 Å². The Morgan fingerprint density at radius 3 is 3.14 bits per heavy atom. The van der Waals surface area contributed by atoms with Crippen molar-refractivity contribution >= 4 is 27.4 Å². The summed E-state index contributed by atoms with van der Waals surface area (Å²) >= 11 is 3.41. The van der Waals surface area contributed by atoms with Gasteiger partial charge >= 0.3 is 0 Å². The highest BCUT2D eigenvalue weighted by Crippen LogP contribution is 2.31. The lowest BCUT2D eigenvalue weighted by atomic mass is 10.0. The number of rotatable bonds is 1. The minimum atomic E-state index is -0.0424. The lowest BCUT2D eigenvalue weighted by Gasteiger charge is -2.32. The van der Waals surface area contributed by atoms with E-state index in [1.807, 2.05) is 42.3 Å². The topological polar surface area (TPSA) is 50.8 Å². The molecule has 3 aromatic heterocycles. The van der Waals surface area contributed by atoms with Crippen LogP contribution in [0, 0.1) is 0 Å². The molecule has 0 saturated heterocycles. The second-order valence-electron chi connectivity index (χ2n) is 5.47. The van der Waals surface area contributed by atoms with Gasteiger partial charge < -0.3 is 9.32 Å². The molecule has 0 fully saturated rings. The highest BCUT2D eigenvalue weighted by molar-refractivity contribution is 9.10. The summed E-state index contributed by atoms with van der Waals surface area (Å²) in [6, 6.07) is 7.65. The van der Waals surface area contributed by atoms with Gasteiger partial charge in [0.05, 0.1) is 17.8 Å². The summed E-state index contributed by atoms with van der Waals surface area (Å²) in [5.74, 6) is 0.939. The smallest absolute Gasteiger partial charge is 0.274 e. The van der Waals surface area contributed by atoms with E-state index in [1.165, 1.54) is 0 Å². The Balaban J connectivity index is 1.68. The predicted octanol–water partition coefficient (Wildman–Crippen LogP) is 3.45. The number of hydrogen-bond acceptors (Lipinski definition) is 3. The van der Waals surface area contributed by atoms with E-state index in [1.54, 1.807) is 10.8 Å². The van der Waals surface area contributed by atoms with Crippen molar-refractivity contribution in [3.8, 4) is 0 Å². The first kappa shape index (κ1) is 13.6. The lowest BCUT2D eigenvalue weighted by molar-refractivity contribution is 0.0664. The molecule has 4 heterocycles. The molecule has 1 amide bonds. The molecule has 4 rings (SSSR count). The summed E-state index contributed by atoms with van der Waals surface area (Å²) < 4.78 is 8.10. The van der Waals surface area contributed by atoms with Gasteiger partial charge in [-0.3, -0.25) is 4.79 Å². The fraction of sp³-hybridized carbons (Fsp3) is 0.250. The fourth-order valence-corrected chi connectivity index (χ4v) is 3.33. The number of nitrogens with zero attached hydrogens (tertiary/aromatic N) is 3. The van der Waals surface area contributed by atoms with Crippen LogP contribution in [-0.2, 0) is 6.42 Å². The number of hydrogen-bond donors (Lipinski definition) is 0. The molecule has 3 aromatic rings. The maximum Gasteiger partial charge on any atom is 0.274 e. The van der Waals surface area contributed by atoms with Crippen LogP contribution in [0.1, 0.15) is 34.8 Å². The first-order valence-corrected chi connectivity index (χ1v) is 7.95. The number of amides is 1. The van der Waals surface area contributed by atoms with Gasteiger partial charge in [0.25, 0.3) is 5.91 Å². The van der Waals surface area contributed by atoms with Gasteiger partial charge in [-0.2, -0.15) is 5.10 Å². The number of furan rings is 1. The molecule has 0 bridgehead atoms. The molecule has 0 saturated carbocycles. The van der Waals surface area contributed by atoms with Crippen LogP contribution < -0.4 is 0 Å². The Morgan fingerprint density at radius 2 is 2.27 bits per heavy atom. The van der Waals surface area contributed by atoms with E-state index in [2.05, 4.69) is 21.0 Å². The van der Waals surface area contributed by atoms with E-state index in [0.717, 1.165) is 27.7 Å². The Morgan fingerprint density at radius 1 is 1.41 bits per heavy atom. The summed E-state index contributed by atoms with van der Waals surface area (Å²) in [6.07, 6.45) is 4.29. The molecular formula is C16H14BrN3O2.